The summed E-state index contributed by atoms with van der Waals surface area (Å²) in [6.07, 6.45) is 0. The van der Waals surface area contributed by atoms with Gasteiger partial charge in [-0.15, -0.1) is 0 Å². The molecular weight excluding hydrogens is 528 g/mol. The van der Waals surface area contributed by atoms with E-state index in [1.807, 2.05) is 0 Å². The van der Waals surface area contributed by atoms with E-state index < -0.39 is 54.5 Å². The summed E-state index contributed by atoms with van der Waals surface area (Å²) < 4.78 is 118. The molecule has 0 saturated heterocycles. The van der Waals surface area contributed by atoms with Gasteiger partial charge in [0, 0.05) is 0 Å². The second-order valence-corrected chi connectivity index (χ2v) is 6.71. The molecule has 20 heteroatoms. The van der Waals surface area contributed by atoms with Gasteiger partial charge in [0.05, 0.1) is 5.56 Å². The van der Waals surface area contributed by atoms with E-state index >= 15 is 0 Å². The van der Waals surface area contributed by atoms with Crippen molar-refractivity contribution in [1.82, 2.24) is 0 Å². The molecule has 0 atom stereocenters. The van der Waals surface area contributed by atoms with Gasteiger partial charge in [0.1, 0.15) is 0 Å². The molecule has 0 fully saturated rings. The molecule has 0 aliphatic heterocycles. The molecular formula is C9H6F6O11S2Zn. The molecule has 0 radical (unpaired) electrons. The van der Waals surface area contributed by atoms with Crippen LogP contribution in [0.2, 0.25) is 0 Å². The molecule has 29 heavy (non-hydrogen) atoms. The van der Waals surface area contributed by atoms with Crippen molar-refractivity contribution in [2.24, 2.45) is 0 Å². The summed E-state index contributed by atoms with van der Waals surface area (Å²) in [5, 5.41) is 35.0. The number of hydrogen-bond donors (Lipinski definition) is 4. The minimum absolute atomic E-state index is 0. The first-order valence-corrected chi connectivity index (χ1v) is 8.36. The molecule has 164 valence electrons. The molecule has 0 saturated carbocycles. The van der Waals surface area contributed by atoms with Crippen molar-refractivity contribution in [3.8, 4) is 17.2 Å². The molecule has 0 spiro atoms. The first-order chi connectivity index (χ1) is 12.0. The van der Waals surface area contributed by atoms with E-state index in [0.717, 1.165) is 12.1 Å². The number of phenolic OH excluding ortho intramolecular Hbond substituents is 3. The largest absolute Gasteiger partial charge is 2.00 e. The normalized spacial score (nSPS) is 11.7. The average Bonchev–Trinajstić information content (AvgIpc) is 2.41. The fourth-order valence-corrected chi connectivity index (χ4v) is 0.728. The number of carbonyl (C=O) groups is 1. The first-order valence-electron chi connectivity index (χ1n) is 5.55. The molecule has 0 unspecified atom stereocenters. The van der Waals surface area contributed by atoms with Crippen molar-refractivity contribution in [3.05, 3.63) is 17.7 Å². The summed E-state index contributed by atoms with van der Waals surface area (Å²) in [6.45, 7) is 0. The number of hydrogen-bond acceptors (Lipinski definition) is 10. The molecule has 0 aliphatic carbocycles. The molecule has 0 aromatic heterocycles. The van der Waals surface area contributed by atoms with Gasteiger partial charge in [0.25, 0.3) is 0 Å². The predicted molar refractivity (Wildman–Crippen MR) is 69.9 cm³/mol. The number of carboxylic acids is 1. The number of benzene rings is 1. The average molecular weight is 534 g/mol. The van der Waals surface area contributed by atoms with Gasteiger partial charge in [-0.2, -0.15) is 26.3 Å². The van der Waals surface area contributed by atoms with Crippen molar-refractivity contribution < 1.29 is 97.0 Å². The van der Waals surface area contributed by atoms with Crippen molar-refractivity contribution in [3.63, 3.8) is 0 Å². The monoisotopic (exact) mass is 532 g/mol. The van der Waals surface area contributed by atoms with Crippen LogP contribution in [0.15, 0.2) is 12.1 Å². The van der Waals surface area contributed by atoms with Gasteiger partial charge < -0.3 is 29.5 Å². The third kappa shape index (κ3) is 11.6. The number of alkyl halides is 6. The van der Waals surface area contributed by atoms with Crippen LogP contribution in [0.3, 0.4) is 0 Å². The summed E-state index contributed by atoms with van der Waals surface area (Å²) in [4.78, 5) is 10.3. The van der Waals surface area contributed by atoms with Gasteiger partial charge in [-0.1, -0.05) is 0 Å². The zero-order chi connectivity index (χ0) is 23.3. The van der Waals surface area contributed by atoms with Gasteiger partial charge in [-0.3, -0.25) is 0 Å². The second-order valence-electron chi connectivity index (χ2n) is 3.97. The number of halogens is 6. The van der Waals surface area contributed by atoms with Crippen molar-refractivity contribution in [1.29, 1.82) is 0 Å². The zero-order valence-electron chi connectivity index (χ0n) is 13.1. The molecule has 1 aromatic rings. The van der Waals surface area contributed by atoms with E-state index in [0.29, 0.717) is 0 Å². The summed E-state index contributed by atoms with van der Waals surface area (Å²) >= 11 is 0. The summed E-state index contributed by atoms with van der Waals surface area (Å²) in [6, 6.07) is 1.69. The topological polar surface area (TPSA) is 212 Å². The molecule has 1 rings (SSSR count). The Hall–Kier alpha value is -1.89. The van der Waals surface area contributed by atoms with E-state index in [4.69, 9.17) is 46.4 Å². The molecule has 1 aromatic carbocycles. The van der Waals surface area contributed by atoms with Crippen LogP contribution in [0.25, 0.3) is 0 Å². The molecule has 0 aliphatic rings. The standard InChI is InChI=1S/C7H6O5.2CHF3O3S.Zn/c8-4-1-3(7(11)12)2-5(9)6(4)10;2*2-1(3,4)8(5,6)7;/h1-2,8-10H,(H,11,12);2*(H,5,6,7);/q;;;+2/p-2. The smallest absolute Gasteiger partial charge is 0.741 e. The fourth-order valence-electron chi connectivity index (χ4n) is 0.728. The Morgan fingerprint density at radius 1 is 0.793 bits per heavy atom. The molecule has 4 N–H and O–H groups in total. The van der Waals surface area contributed by atoms with Crippen LogP contribution < -0.4 is 0 Å². The van der Waals surface area contributed by atoms with Crippen LogP contribution in [0, 0.1) is 0 Å². The number of carboxylic acid groups (broad SMARTS) is 1. The Bertz CT molecular complexity index is 843. The van der Waals surface area contributed by atoms with E-state index in [-0.39, 0.29) is 25.0 Å². The van der Waals surface area contributed by atoms with E-state index in [9.17, 15) is 31.1 Å². The SMILES string of the molecule is O=C(O)c1cc(O)c(O)c(O)c1.O=S(=O)([O-])C(F)(F)F.O=S(=O)([O-])C(F)(F)F.[Zn+2]. The van der Waals surface area contributed by atoms with Crippen LogP contribution >= 0.6 is 0 Å². The van der Waals surface area contributed by atoms with Crippen LogP contribution in [0.5, 0.6) is 17.2 Å². The van der Waals surface area contributed by atoms with Crippen molar-refractivity contribution in [2.75, 3.05) is 0 Å². The summed E-state index contributed by atoms with van der Waals surface area (Å²) in [5.74, 6) is -3.33. The van der Waals surface area contributed by atoms with Gasteiger partial charge in [0.15, 0.2) is 37.5 Å². The zero-order valence-corrected chi connectivity index (χ0v) is 17.7. The Balaban J connectivity index is -0.000000357. The van der Waals surface area contributed by atoms with E-state index in [1.54, 1.807) is 0 Å². The maximum absolute atomic E-state index is 10.7. The molecule has 0 bridgehead atoms. The van der Waals surface area contributed by atoms with Crippen molar-refractivity contribution >= 4 is 26.2 Å². The number of aromatic carboxylic acids is 1. The minimum Gasteiger partial charge on any atom is -0.741 e. The fraction of sp³-hybridized carbons (Fsp3) is 0.222. The third-order valence-electron chi connectivity index (χ3n) is 1.88. The van der Waals surface area contributed by atoms with Crippen LogP contribution in [0.1, 0.15) is 10.4 Å². The van der Waals surface area contributed by atoms with Crippen LogP contribution in [-0.4, -0.2) is 63.4 Å². The second kappa shape index (κ2) is 10.8. The number of aromatic hydroxyl groups is 3. The van der Waals surface area contributed by atoms with Crippen LogP contribution in [-0.2, 0) is 39.7 Å². The quantitative estimate of drug-likeness (QED) is 0.129. The van der Waals surface area contributed by atoms with Crippen molar-refractivity contribution in [2.45, 2.75) is 11.0 Å². The molecule has 0 amide bonds. The van der Waals surface area contributed by atoms with E-state index in [2.05, 4.69) is 0 Å². The minimum atomic E-state index is -6.09. The van der Waals surface area contributed by atoms with Gasteiger partial charge in [-0.05, 0) is 12.1 Å². The molecule has 11 nitrogen and oxygen atoms in total. The number of rotatable bonds is 1. The van der Waals surface area contributed by atoms with Gasteiger partial charge >= 0.3 is 36.5 Å². The predicted octanol–water partition coefficient (Wildman–Crippen LogP) is 0.602. The molecule has 0 heterocycles. The Morgan fingerprint density at radius 2 is 1.00 bits per heavy atom. The third-order valence-corrected chi connectivity index (χ3v) is 3.02. The summed E-state index contributed by atoms with van der Waals surface area (Å²) in [5.41, 5.74) is -11.6. The first kappa shape index (κ1) is 31.8. The maximum Gasteiger partial charge on any atom is 2.00 e. The van der Waals surface area contributed by atoms with E-state index in [1.165, 1.54) is 0 Å². The van der Waals surface area contributed by atoms with Crippen LogP contribution in [0.4, 0.5) is 26.3 Å². The Labute approximate surface area is 169 Å². The Morgan fingerprint density at radius 3 is 1.14 bits per heavy atom. The maximum atomic E-state index is 10.7. The Kier molecular flexibility index (Phi) is 11.8. The number of phenols is 3. The van der Waals surface area contributed by atoms with Gasteiger partial charge in [0.2, 0.25) is 0 Å². The summed E-state index contributed by atoms with van der Waals surface area (Å²) in [7, 11) is -12.2. The van der Waals surface area contributed by atoms with Gasteiger partial charge in [-0.25, -0.2) is 21.6 Å².